The summed E-state index contributed by atoms with van der Waals surface area (Å²) in [5.41, 5.74) is 0. The lowest BCUT2D eigenvalue weighted by Crippen LogP contribution is -2.60. The minimum atomic E-state index is -1.55. The van der Waals surface area contributed by atoms with Crippen LogP contribution >= 0.6 is 0 Å². The van der Waals surface area contributed by atoms with E-state index >= 15 is 0 Å². The molecule has 6 N–H and O–H groups in total. The molecule has 1 aliphatic rings. The molecule has 48 heavy (non-hydrogen) atoms. The Kier molecular flexibility index (Phi) is 28.8. The molecule has 1 rings (SSSR count). The molecule has 0 aliphatic carbocycles. The van der Waals surface area contributed by atoms with Crippen molar-refractivity contribution in [1.29, 1.82) is 0 Å². The van der Waals surface area contributed by atoms with Crippen molar-refractivity contribution in [2.45, 2.75) is 217 Å². The fourth-order valence-electron chi connectivity index (χ4n) is 6.33. The van der Waals surface area contributed by atoms with Crippen LogP contribution in [0.15, 0.2) is 12.2 Å². The Morgan fingerprint density at radius 2 is 1.17 bits per heavy atom. The van der Waals surface area contributed by atoms with Gasteiger partial charge in [-0.2, -0.15) is 0 Å². The van der Waals surface area contributed by atoms with E-state index in [9.17, 15) is 30.3 Å². The Balaban J connectivity index is 2.27. The standard InChI is InChI=1S/C39H75NO8/c1-3-5-7-9-11-12-13-14-15-16-17-18-19-20-21-22-23-25-27-29-35(43)40-32(33(42)28-26-24-10-8-6-4-2)31-47-39-38(46)37(45)36(44)34(30-41)48-39/h14-15,32-34,36-39,41-42,44-46H,3-13,16-31H2,1-2H3,(H,40,43)/b15-14-. The number of ether oxygens (including phenoxy) is 2. The van der Waals surface area contributed by atoms with Crippen LogP contribution in [-0.4, -0.2) is 87.5 Å². The maximum absolute atomic E-state index is 12.8. The minimum Gasteiger partial charge on any atom is -0.394 e. The van der Waals surface area contributed by atoms with Crippen molar-refractivity contribution in [3.63, 3.8) is 0 Å². The van der Waals surface area contributed by atoms with Crippen LogP contribution < -0.4 is 5.32 Å². The number of hydrogen-bond donors (Lipinski definition) is 6. The van der Waals surface area contributed by atoms with Crippen molar-refractivity contribution >= 4 is 5.91 Å². The van der Waals surface area contributed by atoms with Gasteiger partial charge in [0.2, 0.25) is 5.91 Å². The van der Waals surface area contributed by atoms with E-state index in [4.69, 9.17) is 9.47 Å². The van der Waals surface area contributed by atoms with Gasteiger partial charge in [-0.25, -0.2) is 0 Å². The van der Waals surface area contributed by atoms with Crippen molar-refractivity contribution in [1.82, 2.24) is 5.32 Å². The Morgan fingerprint density at radius 3 is 1.69 bits per heavy atom. The highest BCUT2D eigenvalue weighted by Crippen LogP contribution is 2.23. The summed E-state index contributed by atoms with van der Waals surface area (Å²) in [6.45, 7) is 3.74. The number of aliphatic hydroxyl groups excluding tert-OH is 5. The van der Waals surface area contributed by atoms with Crippen molar-refractivity contribution in [3.05, 3.63) is 12.2 Å². The first-order valence-corrected chi connectivity index (χ1v) is 19.9. The number of unbranched alkanes of at least 4 members (excludes halogenated alkanes) is 20. The highest BCUT2D eigenvalue weighted by molar-refractivity contribution is 5.76. The molecule has 0 saturated carbocycles. The molecule has 0 aromatic heterocycles. The first-order chi connectivity index (χ1) is 23.3. The van der Waals surface area contributed by atoms with Gasteiger partial charge in [-0.3, -0.25) is 4.79 Å². The average molecular weight is 686 g/mol. The predicted octanol–water partition coefficient (Wildman–Crippen LogP) is 7.00. The van der Waals surface area contributed by atoms with Gasteiger partial charge in [0.1, 0.15) is 24.4 Å². The SMILES string of the molecule is CCCCCCCC/C=C\CCCCCCCCCCCC(=O)NC(COC1OC(CO)C(O)C(O)C1O)C(O)CCCCCCCC. The molecule has 0 radical (unpaired) electrons. The predicted molar refractivity (Wildman–Crippen MR) is 194 cm³/mol. The summed E-state index contributed by atoms with van der Waals surface area (Å²) in [5.74, 6) is -0.152. The molecule has 284 valence electrons. The second-order valence-electron chi connectivity index (χ2n) is 14.1. The van der Waals surface area contributed by atoms with Gasteiger partial charge in [0.05, 0.1) is 25.4 Å². The third kappa shape index (κ3) is 21.9. The van der Waals surface area contributed by atoms with Gasteiger partial charge in [0.25, 0.3) is 0 Å². The first kappa shape index (κ1) is 45.0. The van der Waals surface area contributed by atoms with Crippen molar-refractivity contribution in [2.24, 2.45) is 0 Å². The number of nitrogens with one attached hydrogen (secondary N) is 1. The highest BCUT2D eigenvalue weighted by atomic mass is 16.7. The summed E-state index contributed by atoms with van der Waals surface area (Å²) in [4.78, 5) is 12.8. The van der Waals surface area contributed by atoms with Crippen LogP contribution in [0.4, 0.5) is 0 Å². The number of hydrogen-bond acceptors (Lipinski definition) is 8. The maximum atomic E-state index is 12.8. The van der Waals surface area contributed by atoms with E-state index in [0.29, 0.717) is 12.8 Å². The molecule has 0 bridgehead atoms. The summed E-state index contributed by atoms with van der Waals surface area (Å²) < 4.78 is 11.1. The molecule has 9 heteroatoms. The lowest BCUT2D eigenvalue weighted by Gasteiger charge is -2.40. The van der Waals surface area contributed by atoms with Gasteiger partial charge in [-0.1, -0.05) is 142 Å². The fourth-order valence-corrected chi connectivity index (χ4v) is 6.33. The van der Waals surface area contributed by atoms with Gasteiger partial charge in [0.15, 0.2) is 6.29 Å². The van der Waals surface area contributed by atoms with E-state index < -0.39 is 49.5 Å². The first-order valence-electron chi connectivity index (χ1n) is 19.9. The minimum absolute atomic E-state index is 0.138. The molecule has 0 aromatic rings. The number of amides is 1. The third-order valence-electron chi connectivity index (χ3n) is 9.62. The molecule has 7 atom stereocenters. The number of rotatable bonds is 32. The van der Waals surface area contributed by atoms with Crippen molar-refractivity contribution < 1.29 is 39.8 Å². The summed E-state index contributed by atoms with van der Waals surface area (Å²) >= 11 is 0. The summed E-state index contributed by atoms with van der Waals surface area (Å²) in [6, 6.07) is -0.712. The summed E-state index contributed by atoms with van der Waals surface area (Å²) in [7, 11) is 0. The van der Waals surface area contributed by atoms with E-state index in [1.54, 1.807) is 0 Å². The molecule has 9 nitrogen and oxygen atoms in total. The normalized spacial score (nSPS) is 22.7. The molecule has 7 unspecified atom stereocenters. The van der Waals surface area contributed by atoms with Crippen molar-refractivity contribution in [3.8, 4) is 0 Å². The van der Waals surface area contributed by atoms with E-state index in [0.717, 1.165) is 38.5 Å². The van der Waals surface area contributed by atoms with Crippen molar-refractivity contribution in [2.75, 3.05) is 13.2 Å². The Labute approximate surface area is 293 Å². The Hall–Kier alpha value is -1.07. The van der Waals surface area contributed by atoms with Crippen LogP contribution in [0.5, 0.6) is 0 Å². The topological polar surface area (TPSA) is 149 Å². The monoisotopic (exact) mass is 686 g/mol. The van der Waals surface area contributed by atoms with Crippen LogP contribution in [0.25, 0.3) is 0 Å². The van der Waals surface area contributed by atoms with Crippen LogP contribution in [-0.2, 0) is 14.3 Å². The zero-order valence-electron chi connectivity index (χ0n) is 30.7. The van der Waals surface area contributed by atoms with Crippen LogP contribution in [0.2, 0.25) is 0 Å². The van der Waals surface area contributed by atoms with Crippen LogP contribution in [0, 0.1) is 0 Å². The molecular formula is C39H75NO8. The average Bonchev–Trinajstić information content (AvgIpc) is 3.08. The number of carbonyl (C=O) groups excluding carboxylic acids is 1. The second kappa shape index (κ2) is 30.7. The van der Waals surface area contributed by atoms with Gasteiger partial charge in [-0.05, 0) is 38.5 Å². The molecule has 0 spiro atoms. The fraction of sp³-hybridized carbons (Fsp3) is 0.923. The van der Waals surface area contributed by atoms with Gasteiger partial charge >= 0.3 is 0 Å². The van der Waals surface area contributed by atoms with Crippen LogP contribution in [0.1, 0.15) is 174 Å². The second-order valence-corrected chi connectivity index (χ2v) is 14.1. The molecule has 1 aliphatic heterocycles. The lowest BCUT2D eigenvalue weighted by molar-refractivity contribution is -0.302. The van der Waals surface area contributed by atoms with Gasteiger partial charge in [-0.15, -0.1) is 0 Å². The van der Waals surface area contributed by atoms with Crippen LogP contribution in [0.3, 0.4) is 0 Å². The quantitative estimate of drug-likeness (QED) is 0.0328. The maximum Gasteiger partial charge on any atom is 0.220 e. The van der Waals surface area contributed by atoms with Gasteiger partial charge in [0, 0.05) is 6.42 Å². The zero-order chi connectivity index (χ0) is 35.2. The zero-order valence-corrected chi connectivity index (χ0v) is 30.7. The summed E-state index contributed by atoms with van der Waals surface area (Å²) in [5, 5.41) is 53.8. The van der Waals surface area contributed by atoms with E-state index in [-0.39, 0.29) is 12.5 Å². The number of aliphatic hydroxyl groups is 5. The Morgan fingerprint density at radius 1 is 0.688 bits per heavy atom. The molecule has 1 saturated heterocycles. The highest BCUT2D eigenvalue weighted by Gasteiger charge is 2.44. The van der Waals surface area contributed by atoms with E-state index in [1.807, 2.05) is 0 Å². The number of allylic oxidation sites excluding steroid dienone is 2. The molecular weight excluding hydrogens is 610 g/mol. The summed E-state index contributed by atoms with van der Waals surface area (Å²) in [6.07, 6.45) is 25.4. The molecule has 1 heterocycles. The largest absolute Gasteiger partial charge is 0.394 e. The molecule has 0 aromatic carbocycles. The lowest BCUT2D eigenvalue weighted by atomic mass is 9.99. The van der Waals surface area contributed by atoms with E-state index in [1.165, 1.54) is 109 Å². The molecule has 1 fully saturated rings. The number of carbonyl (C=O) groups is 1. The third-order valence-corrected chi connectivity index (χ3v) is 9.62. The molecule has 1 amide bonds. The van der Waals surface area contributed by atoms with Gasteiger partial charge < -0.3 is 40.3 Å². The Bertz CT molecular complexity index is 766. The van der Waals surface area contributed by atoms with E-state index in [2.05, 4.69) is 31.3 Å². The smallest absolute Gasteiger partial charge is 0.220 e.